The Morgan fingerprint density at radius 1 is 1.36 bits per heavy atom. The summed E-state index contributed by atoms with van der Waals surface area (Å²) in [5.74, 6) is 1.33. The molecule has 0 radical (unpaired) electrons. The summed E-state index contributed by atoms with van der Waals surface area (Å²) in [7, 11) is 0. The van der Waals surface area contributed by atoms with Crippen molar-refractivity contribution in [2.45, 2.75) is 44.5 Å². The Bertz CT molecular complexity index is 586. The Labute approximate surface area is 135 Å². The monoisotopic (exact) mass is 321 g/mol. The van der Waals surface area contributed by atoms with Crippen LogP contribution in [0, 0.1) is 0 Å². The topological polar surface area (TPSA) is 60.2 Å². The second kappa shape index (κ2) is 8.19. The predicted molar refractivity (Wildman–Crippen MR) is 88.5 cm³/mol. The van der Waals surface area contributed by atoms with Crippen molar-refractivity contribution in [2.24, 2.45) is 0 Å². The van der Waals surface area contributed by atoms with Crippen LogP contribution in [0.2, 0.25) is 0 Å². The lowest BCUT2D eigenvalue weighted by Gasteiger charge is -2.13. The fourth-order valence-corrected chi connectivity index (χ4v) is 2.91. The fourth-order valence-electron chi connectivity index (χ4n) is 1.96. The zero-order chi connectivity index (χ0) is 15.9. The van der Waals surface area contributed by atoms with E-state index in [-0.39, 0.29) is 6.61 Å². The van der Waals surface area contributed by atoms with Crippen LogP contribution >= 0.6 is 11.8 Å². The molecule has 1 heterocycles. The van der Waals surface area contributed by atoms with Gasteiger partial charge >= 0.3 is 0 Å². The molecule has 0 bridgehead atoms. The molecule has 1 N–H and O–H groups in total. The van der Waals surface area contributed by atoms with Crippen LogP contribution in [0.4, 0.5) is 0 Å². The van der Waals surface area contributed by atoms with E-state index in [2.05, 4.69) is 37.0 Å². The molecule has 0 aliphatic heterocycles. The number of aromatic nitrogens is 3. The zero-order valence-electron chi connectivity index (χ0n) is 13.3. The van der Waals surface area contributed by atoms with Crippen LogP contribution in [-0.4, -0.2) is 38.3 Å². The molecule has 2 rings (SSSR count). The Kier molecular flexibility index (Phi) is 6.27. The van der Waals surface area contributed by atoms with Gasteiger partial charge in [0, 0.05) is 11.8 Å². The van der Waals surface area contributed by atoms with E-state index in [9.17, 15) is 5.11 Å². The summed E-state index contributed by atoms with van der Waals surface area (Å²) in [4.78, 5) is 0. The first-order valence-electron chi connectivity index (χ1n) is 7.52. The van der Waals surface area contributed by atoms with Crippen molar-refractivity contribution in [1.29, 1.82) is 0 Å². The molecule has 0 fully saturated rings. The molecule has 120 valence electrons. The second-order valence-electron chi connectivity index (χ2n) is 5.39. The lowest BCUT2D eigenvalue weighted by Crippen LogP contribution is -2.20. The Morgan fingerprint density at radius 2 is 2.18 bits per heavy atom. The average Bonchev–Trinajstić information content (AvgIpc) is 3.00. The molecule has 0 saturated carbocycles. The lowest BCUT2D eigenvalue weighted by molar-refractivity contribution is 0.126. The molecule has 1 atom stereocenters. The van der Waals surface area contributed by atoms with Crippen LogP contribution in [0.15, 0.2) is 35.7 Å². The SMILES string of the molecule is CCc1cccc(OCC(O)CSc2nncn2C(C)C)c1. The van der Waals surface area contributed by atoms with Crippen molar-refractivity contribution < 1.29 is 9.84 Å². The van der Waals surface area contributed by atoms with E-state index in [0.29, 0.717) is 11.8 Å². The number of benzene rings is 1. The largest absolute Gasteiger partial charge is 0.491 e. The highest BCUT2D eigenvalue weighted by molar-refractivity contribution is 7.99. The van der Waals surface area contributed by atoms with Gasteiger partial charge in [0.1, 0.15) is 18.7 Å². The summed E-state index contributed by atoms with van der Waals surface area (Å²) in [6.45, 7) is 6.53. The van der Waals surface area contributed by atoms with E-state index in [4.69, 9.17) is 4.74 Å². The highest BCUT2D eigenvalue weighted by atomic mass is 32.2. The third kappa shape index (κ3) is 4.74. The summed E-state index contributed by atoms with van der Waals surface area (Å²) in [6, 6.07) is 8.27. The number of aliphatic hydroxyl groups is 1. The zero-order valence-corrected chi connectivity index (χ0v) is 14.1. The van der Waals surface area contributed by atoms with Crippen molar-refractivity contribution in [3.05, 3.63) is 36.2 Å². The summed E-state index contributed by atoms with van der Waals surface area (Å²) in [5, 5.41) is 18.9. The smallest absolute Gasteiger partial charge is 0.191 e. The van der Waals surface area contributed by atoms with Gasteiger partial charge < -0.3 is 14.4 Å². The summed E-state index contributed by atoms with van der Waals surface area (Å²) in [5.41, 5.74) is 1.23. The molecule has 0 saturated heterocycles. The molecule has 0 aliphatic carbocycles. The molecule has 6 heteroatoms. The van der Waals surface area contributed by atoms with Gasteiger partial charge in [-0.25, -0.2) is 0 Å². The molecule has 5 nitrogen and oxygen atoms in total. The minimum Gasteiger partial charge on any atom is -0.491 e. The van der Waals surface area contributed by atoms with Gasteiger partial charge in [0.2, 0.25) is 0 Å². The average molecular weight is 321 g/mol. The number of aliphatic hydroxyl groups excluding tert-OH is 1. The minimum atomic E-state index is -0.549. The molecule has 1 unspecified atom stereocenters. The first-order valence-corrected chi connectivity index (χ1v) is 8.50. The number of hydrogen-bond acceptors (Lipinski definition) is 5. The van der Waals surface area contributed by atoms with E-state index in [0.717, 1.165) is 17.3 Å². The second-order valence-corrected chi connectivity index (χ2v) is 6.38. The highest BCUT2D eigenvalue weighted by Crippen LogP contribution is 2.20. The highest BCUT2D eigenvalue weighted by Gasteiger charge is 2.12. The summed E-state index contributed by atoms with van der Waals surface area (Å²) in [6.07, 6.45) is 2.14. The number of hydrogen-bond donors (Lipinski definition) is 1. The van der Waals surface area contributed by atoms with Crippen molar-refractivity contribution in [3.8, 4) is 5.75 Å². The van der Waals surface area contributed by atoms with Crippen LogP contribution in [-0.2, 0) is 6.42 Å². The first kappa shape index (κ1) is 16.8. The van der Waals surface area contributed by atoms with Crippen LogP contribution in [0.3, 0.4) is 0 Å². The number of nitrogens with zero attached hydrogens (tertiary/aromatic N) is 3. The first-order chi connectivity index (χ1) is 10.6. The Hall–Kier alpha value is -1.53. The molecule has 0 spiro atoms. The van der Waals surface area contributed by atoms with Gasteiger partial charge in [0.25, 0.3) is 0 Å². The molecule has 1 aromatic heterocycles. The maximum atomic E-state index is 10.1. The van der Waals surface area contributed by atoms with E-state index < -0.39 is 6.10 Å². The van der Waals surface area contributed by atoms with Gasteiger partial charge in [-0.1, -0.05) is 30.8 Å². The molecular weight excluding hydrogens is 298 g/mol. The number of aryl methyl sites for hydroxylation is 1. The maximum absolute atomic E-state index is 10.1. The van der Waals surface area contributed by atoms with Gasteiger partial charge in [-0.15, -0.1) is 10.2 Å². The molecular formula is C16H23N3O2S. The Balaban J connectivity index is 1.80. The number of rotatable bonds is 8. The Morgan fingerprint density at radius 3 is 2.91 bits per heavy atom. The van der Waals surface area contributed by atoms with E-state index in [1.165, 1.54) is 17.3 Å². The normalized spacial score (nSPS) is 12.6. The van der Waals surface area contributed by atoms with Crippen molar-refractivity contribution in [3.63, 3.8) is 0 Å². The fraction of sp³-hybridized carbons (Fsp3) is 0.500. The maximum Gasteiger partial charge on any atom is 0.191 e. The molecule has 0 aliphatic rings. The standard InChI is InChI=1S/C16H23N3O2S/c1-4-13-6-5-7-15(8-13)21-9-14(20)10-22-16-18-17-11-19(16)12(2)3/h5-8,11-12,14,20H,4,9-10H2,1-3H3. The molecule has 2 aromatic rings. The molecule has 1 aromatic carbocycles. The third-order valence-electron chi connectivity index (χ3n) is 3.25. The van der Waals surface area contributed by atoms with Crippen LogP contribution in [0.5, 0.6) is 5.75 Å². The van der Waals surface area contributed by atoms with Gasteiger partial charge in [0.15, 0.2) is 5.16 Å². The van der Waals surface area contributed by atoms with Crippen LogP contribution in [0.1, 0.15) is 32.4 Å². The van der Waals surface area contributed by atoms with Crippen LogP contribution < -0.4 is 4.74 Å². The lowest BCUT2D eigenvalue weighted by atomic mass is 10.2. The van der Waals surface area contributed by atoms with Gasteiger partial charge in [-0.2, -0.15) is 0 Å². The van der Waals surface area contributed by atoms with Gasteiger partial charge in [0.05, 0.1) is 6.10 Å². The minimum absolute atomic E-state index is 0.274. The third-order valence-corrected chi connectivity index (χ3v) is 4.35. The molecule has 0 amide bonds. The summed E-state index contributed by atoms with van der Waals surface area (Å²) < 4.78 is 7.64. The van der Waals surface area contributed by atoms with Crippen molar-refractivity contribution in [1.82, 2.24) is 14.8 Å². The number of thioether (sulfide) groups is 1. The van der Waals surface area contributed by atoms with E-state index in [1.807, 2.05) is 22.8 Å². The van der Waals surface area contributed by atoms with E-state index >= 15 is 0 Å². The van der Waals surface area contributed by atoms with Crippen molar-refractivity contribution >= 4 is 11.8 Å². The van der Waals surface area contributed by atoms with Crippen LogP contribution in [0.25, 0.3) is 0 Å². The quantitative estimate of drug-likeness (QED) is 0.758. The van der Waals surface area contributed by atoms with E-state index in [1.54, 1.807) is 6.33 Å². The predicted octanol–water partition coefficient (Wildman–Crippen LogP) is 2.95. The summed E-state index contributed by atoms with van der Waals surface area (Å²) >= 11 is 1.49. The number of ether oxygens (including phenoxy) is 1. The van der Waals surface area contributed by atoms with Gasteiger partial charge in [-0.05, 0) is 38.0 Å². The molecule has 22 heavy (non-hydrogen) atoms. The van der Waals surface area contributed by atoms with Crippen molar-refractivity contribution in [2.75, 3.05) is 12.4 Å². The van der Waals surface area contributed by atoms with Gasteiger partial charge in [-0.3, -0.25) is 0 Å².